The number of nitrogens with zero attached hydrogens (tertiary/aromatic N) is 1. The van der Waals surface area contributed by atoms with Crippen LogP contribution in [0, 0.1) is 5.92 Å². The Morgan fingerprint density at radius 1 is 1.26 bits per heavy atom. The van der Waals surface area contributed by atoms with E-state index in [-0.39, 0.29) is 11.8 Å². The van der Waals surface area contributed by atoms with E-state index >= 15 is 0 Å². The number of carbonyl (C=O) groups excluding carboxylic acids is 1. The van der Waals surface area contributed by atoms with Gasteiger partial charge in [0.25, 0.3) is 0 Å². The summed E-state index contributed by atoms with van der Waals surface area (Å²) in [6.45, 7) is 0. The number of thiazole rings is 1. The van der Waals surface area contributed by atoms with E-state index in [1.165, 1.54) is 17.8 Å². The summed E-state index contributed by atoms with van der Waals surface area (Å²) in [5.74, 6) is 0.122. The molecule has 8 heteroatoms. The smallest absolute Gasteiger partial charge is 0.229 e. The normalized spacial score (nSPS) is 16.4. The van der Waals surface area contributed by atoms with Crippen molar-refractivity contribution in [2.24, 2.45) is 5.92 Å². The highest BCUT2D eigenvalue weighted by molar-refractivity contribution is 7.92. The van der Waals surface area contributed by atoms with Gasteiger partial charge in [-0.3, -0.25) is 9.52 Å². The van der Waals surface area contributed by atoms with Gasteiger partial charge in [-0.15, -0.1) is 0 Å². The van der Waals surface area contributed by atoms with Crippen LogP contribution in [-0.4, -0.2) is 25.6 Å². The number of nitrogens with one attached hydrogen (secondary N) is 2. The molecule has 0 radical (unpaired) electrons. The summed E-state index contributed by atoms with van der Waals surface area (Å²) in [6, 6.07) is 5.16. The van der Waals surface area contributed by atoms with Crippen LogP contribution in [0.3, 0.4) is 0 Å². The van der Waals surface area contributed by atoms with Crippen molar-refractivity contribution in [1.82, 2.24) is 4.98 Å². The molecular weight excluding hydrogens is 334 g/mol. The molecule has 6 nitrogen and oxygen atoms in total. The SMILES string of the molecule is CS(=O)(=O)Nc1ccc2sc(NC(=O)C3CCCCC3)nc2c1. The fraction of sp³-hybridized carbons (Fsp3) is 0.467. The summed E-state index contributed by atoms with van der Waals surface area (Å²) in [5, 5.41) is 3.46. The van der Waals surface area contributed by atoms with Gasteiger partial charge in [0.15, 0.2) is 5.13 Å². The lowest BCUT2D eigenvalue weighted by Gasteiger charge is -2.19. The van der Waals surface area contributed by atoms with Crippen LogP contribution in [0.4, 0.5) is 10.8 Å². The number of hydrogen-bond acceptors (Lipinski definition) is 5. The van der Waals surface area contributed by atoms with Crippen LogP contribution in [0.15, 0.2) is 18.2 Å². The first-order valence-corrected chi connectivity index (χ1v) is 10.3. The number of amides is 1. The van der Waals surface area contributed by atoms with Crippen molar-refractivity contribution < 1.29 is 13.2 Å². The summed E-state index contributed by atoms with van der Waals surface area (Å²) in [6.07, 6.45) is 6.42. The van der Waals surface area contributed by atoms with Gasteiger partial charge in [0.05, 0.1) is 22.2 Å². The molecule has 124 valence electrons. The van der Waals surface area contributed by atoms with Crippen LogP contribution < -0.4 is 10.0 Å². The number of anilines is 2. The second-order valence-corrected chi connectivity index (χ2v) is 8.68. The Hall–Kier alpha value is -1.67. The first kappa shape index (κ1) is 16.2. The molecule has 1 amide bonds. The predicted octanol–water partition coefficient (Wildman–Crippen LogP) is 3.19. The van der Waals surface area contributed by atoms with Gasteiger partial charge in [-0.25, -0.2) is 13.4 Å². The second kappa shape index (κ2) is 6.45. The highest BCUT2D eigenvalue weighted by Gasteiger charge is 2.22. The monoisotopic (exact) mass is 353 g/mol. The summed E-state index contributed by atoms with van der Waals surface area (Å²) in [4.78, 5) is 16.7. The van der Waals surface area contributed by atoms with Crippen molar-refractivity contribution in [3.63, 3.8) is 0 Å². The van der Waals surface area contributed by atoms with Gasteiger partial charge in [0, 0.05) is 5.92 Å². The van der Waals surface area contributed by atoms with Gasteiger partial charge in [0.1, 0.15) is 0 Å². The van der Waals surface area contributed by atoms with Crippen molar-refractivity contribution in [3.05, 3.63) is 18.2 Å². The minimum atomic E-state index is -3.32. The Morgan fingerprint density at radius 3 is 2.70 bits per heavy atom. The molecule has 0 unspecified atom stereocenters. The van der Waals surface area contributed by atoms with Gasteiger partial charge in [0.2, 0.25) is 15.9 Å². The van der Waals surface area contributed by atoms with Crippen molar-refractivity contribution in [2.45, 2.75) is 32.1 Å². The third-order valence-electron chi connectivity index (χ3n) is 3.90. The first-order chi connectivity index (χ1) is 10.9. The van der Waals surface area contributed by atoms with Crippen molar-refractivity contribution in [3.8, 4) is 0 Å². The molecule has 3 rings (SSSR count). The maximum absolute atomic E-state index is 12.3. The molecule has 1 heterocycles. The molecule has 2 N–H and O–H groups in total. The van der Waals surface area contributed by atoms with Gasteiger partial charge >= 0.3 is 0 Å². The largest absolute Gasteiger partial charge is 0.302 e. The Balaban J connectivity index is 1.75. The van der Waals surface area contributed by atoms with E-state index in [4.69, 9.17) is 0 Å². The van der Waals surface area contributed by atoms with E-state index in [0.29, 0.717) is 16.3 Å². The Bertz CT molecular complexity index is 824. The lowest BCUT2D eigenvalue weighted by Crippen LogP contribution is -2.24. The van der Waals surface area contributed by atoms with Crippen LogP contribution in [0.5, 0.6) is 0 Å². The van der Waals surface area contributed by atoms with Crippen LogP contribution in [0.2, 0.25) is 0 Å². The highest BCUT2D eigenvalue weighted by atomic mass is 32.2. The van der Waals surface area contributed by atoms with E-state index < -0.39 is 10.0 Å². The molecular formula is C15H19N3O3S2. The Morgan fingerprint density at radius 2 is 2.00 bits per heavy atom. The molecule has 1 saturated carbocycles. The summed E-state index contributed by atoms with van der Waals surface area (Å²) in [5.41, 5.74) is 1.14. The van der Waals surface area contributed by atoms with Crippen molar-refractivity contribution >= 4 is 48.3 Å². The molecule has 1 aliphatic rings. The molecule has 23 heavy (non-hydrogen) atoms. The summed E-state index contributed by atoms with van der Waals surface area (Å²) < 4.78 is 25.9. The molecule has 0 bridgehead atoms. The van der Waals surface area contributed by atoms with Gasteiger partial charge < -0.3 is 5.32 Å². The van der Waals surface area contributed by atoms with E-state index in [1.807, 2.05) is 0 Å². The average Bonchev–Trinajstić information content (AvgIpc) is 2.88. The molecule has 0 spiro atoms. The molecule has 0 atom stereocenters. The van der Waals surface area contributed by atoms with Crippen LogP contribution in [0.1, 0.15) is 32.1 Å². The molecule has 1 aliphatic carbocycles. The zero-order valence-electron chi connectivity index (χ0n) is 12.8. The second-order valence-electron chi connectivity index (χ2n) is 5.90. The first-order valence-electron chi connectivity index (χ1n) is 7.60. The number of fused-ring (bicyclic) bond motifs is 1. The minimum absolute atomic E-state index is 0.0400. The topological polar surface area (TPSA) is 88.2 Å². The molecule has 0 aliphatic heterocycles. The molecule has 0 saturated heterocycles. The van der Waals surface area contributed by atoms with Gasteiger partial charge in [-0.2, -0.15) is 0 Å². The van der Waals surface area contributed by atoms with E-state index in [2.05, 4.69) is 15.0 Å². The zero-order chi connectivity index (χ0) is 16.4. The number of hydrogen-bond donors (Lipinski definition) is 2. The fourth-order valence-electron chi connectivity index (χ4n) is 2.83. The Kier molecular flexibility index (Phi) is 4.54. The van der Waals surface area contributed by atoms with Gasteiger partial charge in [-0.1, -0.05) is 30.6 Å². The van der Waals surface area contributed by atoms with Crippen molar-refractivity contribution in [1.29, 1.82) is 0 Å². The van der Waals surface area contributed by atoms with Crippen LogP contribution >= 0.6 is 11.3 Å². The number of sulfonamides is 1. The summed E-state index contributed by atoms with van der Waals surface area (Å²) >= 11 is 1.40. The maximum Gasteiger partial charge on any atom is 0.229 e. The zero-order valence-corrected chi connectivity index (χ0v) is 14.5. The van der Waals surface area contributed by atoms with E-state index in [9.17, 15) is 13.2 Å². The van der Waals surface area contributed by atoms with Gasteiger partial charge in [-0.05, 0) is 31.0 Å². The third kappa shape index (κ3) is 4.20. The Labute approximate surface area is 139 Å². The van der Waals surface area contributed by atoms with E-state index in [1.54, 1.807) is 18.2 Å². The standard InChI is InChI=1S/C15H19N3O3S2/c1-23(20,21)18-11-7-8-13-12(9-11)16-15(22-13)17-14(19)10-5-3-2-4-6-10/h7-10,18H,2-6H2,1H3,(H,16,17,19). The average molecular weight is 353 g/mol. The summed E-state index contributed by atoms with van der Waals surface area (Å²) in [7, 11) is -3.32. The minimum Gasteiger partial charge on any atom is -0.302 e. The third-order valence-corrected chi connectivity index (χ3v) is 5.46. The predicted molar refractivity (Wildman–Crippen MR) is 93.3 cm³/mol. The lowest BCUT2D eigenvalue weighted by molar-refractivity contribution is -0.120. The number of benzene rings is 1. The van der Waals surface area contributed by atoms with Crippen molar-refractivity contribution in [2.75, 3.05) is 16.3 Å². The maximum atomic E-state index is 12.3. The molecule has 1 aromatic carbocycles. The van der Waals surface area contributed by atoms with Crippen LogP contribution in [0.25, 0.3) is 10.2 Å². The molecule has 1 aromatic heterocycles. The highest BCUT2D eigenvalue weighted by Crippen LogP contribution is 2.30. The number of aromatic nitrogens is 1. The molecule has 1 fully saturated rings. The van der Waals surface area contributed by atoms with E-state index in [0.717, 1.165) is 36.6 Å². The van der Waals surface area contributed by atoms with Crippen LogP contribution in [-0.2, 0) is 14.8 Å². The quantitative estimate of drug-likeness (QED) is 0.883. The number of carbonyl (C=O) groups is 1. The number of rotatable bonds is 4. The molecule has 2 aromatic rings. The fourth-order valence-corrected chi connectivity index (χ4v) is 4.23. The lowest BCUT2D eigenvalue weighted by atomic mass is 9.89.